The van der Waals surface area contributed by atoms with E-state index in [1.165, 1.54) is 0 Å². The number of rotatable bonds is 1. The van der Waals surface area contributed by atoms with Crippen molar-refractivity contribution in [2.75, 3.05) is 0 Å². The number of nitrogens with zero attached hydrogens (tertiary/aromatic N) is 3. The number of aromatic nitrogens is 3. The van der Waals surface area contributed by atoms with Crippen LogP contribution in [0, 0.1) is 12.3 Å². The molecule has 1 aliphatic carbocycles. The predicted octanol–water partition coefficient (Wildman–Crippen LogP) is 3.62. The van der Waals surface area contributed by atoms with E-state index in [9.17, 15) is 4.79 Å². The lowest BCUT2D eigenvalue weighted by molar-refractivity contribution is 0.0909. The monoisotopic (exact) mass is 333 g/mol. The van der Waals surface area contributed by atoms with E-state index in [0.717, 1.165) is 22.8 Å². The Morgan fingerprint density at radius 3 is 2.80 bits per heavy atom. The summed E-state index contributed by atoms with van der Waals surface area (Å²) < 4.78 is 1.79. The van der Waals surface area contributed by atoms with Crippen LogP contribution in [0.25, 0.3) is 5.82 Å². The maximum Gasteiger partial charge on any atom is 0.167 e. The predicted molar refractivity (Wildman–Crippen MR) is 80.5 cm³/mol. The molecule has 0 fully saturated rings. The Balaban J connectivity index is 2.26. The van der Waals surface area contributed by atoms with Crippen molar-refractivity contribution in [3.63, 3.8) is 0 Å². The van der Waals surface area contributed by atoms with Crippen LogP contribution in [0.2, 0.25) is 0 Å². The van der Waals surface area contributed by atoms with Gasteiger partial charge < -0.3 is 0 Å². The van der Waals surface area contributed by atoms with Crippen LogP contribution in [0.15, 0.2) is 24.4 Å². The number of hydrogen-bond donors (Lipinski definition) is 0. The number of carbonyl (C=O) groups excluding carboxylic acids is 1. The second-order valence-corrected chi connectivity index (χ2v) is 6.81. The van der Waals surface area contributed by atoms with Crippen molar-refractivity contribution in [2.45, 2.75) is 32.0 Å². The van der Waals surface area contributed by atoms with Crippen molar-refractivity contribution in [1.29, 1.82) is 0 Å². The van der Waals surface area contributed by atoms with Crippen LogP contribution >= 0.6 is 15.9 Å². The summed E-state index contributed by atoms with van der Waals surface area (Å²) in [6.45, 7) is 6.07. The molecule has 2 aromatic heterocycles. The molecule has 0 saturated heterocycles. The lowest BCUT2D eigenvalue weighted by atomic mass is 9.75. The number of Topliss-reactive ketones (excluding diaryl/α,β-unsaturated/α-hetero) is 1. The van der Waals surface area contributed by atoms with Gasteiger partial charge in [0, 0.05) is 12.6 Å². The minimum atomic E-state index is -0.136. The van der Waals surface area contributed by atoms with E-state index in [1.54, 1.807) is 10.9 Å². The maximum atomic E-state index is 12.4. The zero-order valence-electron chi connectivity index (χ0n) is 11.7. The Morgan fingerprint density at radius 1 is 1.40 bits per heavy atom. The molecule has 0 saturated carbocycles. The van der Waals surface area contributed by atoms with E-state index in [4.69, 9.17) is 0 Å². The lowest BCUT2D eigenvalue weighted by Crippen LogP contribution is -2.30. The highest BCUT2D eigenvalue weighted by atomic mass is 79.9. The first-order chi connectivity index (χ1) is 9.42. The second-order valence-electron chi connectivity index (χ2n) is 5.90. The molecule has 0 aromatic carbocycles. The third kappa shape index (κ3) is 1.92. The largest absolute Gasteiger partial charge is 0.294 e. The molecule has 2 heterocycles. The normalized spacial score (nSPS) is 20.8. The summed E-state index contributed by atoms with van der Waals surface area (Å²) in [6, 6.07) is 5.69. The number of hydrogen-bond acceptors (Lipinski definition) is 3. The Labute approximate surface area is 126 Å². The molecule has 0 bridgehead atoms. The zero-order chi connectivity index (χ0) is 14.5. The fraction of sp³-hybridized carbons (Fsp3) is 0.400. The molecule has 0 aliphatic heterocycles. The van der Waals surface area contributed by atoms with Crippen LogP contribution in [0.3, 0.4) is 0 Å². The van der Waals surface area contributed by atoms with Crippen LogP contribution in [-0.4, -0.2) is 20.5 Å². The van der Waals surface area contributed by atoms with Gasteiger partial charge in [0.15, 0.2) is 11.6 Å². The molecule has 2 aromatic rings. The van der Waals surface area contributed by atoms with Gasteiger partial charge in [-0.2, -0.15) is 5.10 Å². The molecular weight excluding hydrogens is 318 g/mol. The highest BCUT2D eigenvalue weighted by Gasteiger charge is 2.42. The van der Waals surface area contributed by atoms with Gasteiger partial charge in [-0.3, -0.25) is 4.79 Å². The first-order valence-corrected chi connectivity index (χ1v) is 7.51. The van der Waals surface area contributed by atoms with Gasteiger partial charge in [-0.25, -0.2) is 9.67 Å². The molecule has 3 rings (SSSR count). The minimum absolute atomic E-state index is 0.0749. The number of pyridine rings is 1. The van der Waals surface area contributed by atoms with Gasteiger partial charge >= 0.3 is 0 Å². The summed E-state index contributed by atoms with van der Waals surface area (Å²) in [5.41, 5.74) is 2.30. The molecule has 104 valence electrons. The average Bonchev–Trinajstić information content (AvgIpc) is 2.75. The maximum absolute atomic E-state index is 12.4. The van der Waals surface area contributed by atoms with E-state index in [2.05, 4.69) is 39.9 Å². The van der Waals surface area contributed by atoms with Crippen LogP contribution in [0.1, 0.15) is 46.8 Å². The number of alkyl halides is 1. The molecule has 20 heavy (non-hydrogen) atoms. The van der Waals surface area contributed by atoms with Gasteiger partial charge in [-0.1, -0.05) is 35.8 Å². The van der Waals surface area contributed by atoms with E-state index in [0.29, 0.717) is 6.42 Å². The highest BCUT2D eigenvalue weighted by Crippen LogP contribution is 2.49. The van der Waals surface area contributed by atoms with Crippen LogP contribution in [0.5, 0.6) is 0 Å². The van der Waals surface area contributed by atoms with Gasteiger partial charge in [-0.15, -0.1) is 0 Å². The average molecular weight is 334 g/mol. The zero-order valence-corrected chi connectivity index (χ0v) is 13.3. The van der Waals surface area contributed by atoms with Crippen LogP contribution in [-0.2, 0) is 0 Å². The van der Waals surface area contributed by atoms with Crippen molar-refractivity contribution in [2.24, 2.45) is 5.41 Å². The third-order valence-electron chi connectivity index (χ3n) is 3.78. The number of ketones is 1. The van der Waals surface area contributed by atoms with E-state index in [1.807, 2.05) is 25.1 Å². The number of aryl methyl sites for hydroxylation is 1. The molecular formula is C15H16BrN3O. The summed E-state index contributed by atoms with van der Waals surface area (Å²) in [7, 11) is 0. The quantitative estimate of drug-likeness (QED) is 0.749. The first kappa shape index (κ1) is 13.5. The molecule has 5 heteroatoms. The summed E-state index contributed by atoms with van der Waals surface area (Å²) in [4.78, 5) is 16.8. The summed E-state index contributed by atoms with van der Waals surface area (Å²) in [5.74, 6) is 0.909. The van der Waals surface area contributed by atoms with Gasteiger partial charge in [0.2, 0.25) is 0 Å². The topological polar surface area (TPSA) is 47.8 Å². The van der Waals surface area contributed by atoms with E-state index >= 15 is 0 Å². The highest BCUT2D eigenvalue weighted by molar-refractivity contribution is 9.09. The standard InChI is InChI=1S/C15H16BrN3O/c1-9-12-10(20)8-15(2,3)14(16)13(12)19(18-9)11-6-4-5-7-17-11/h4-7,14H,8H2,1-3H3/t14-/m1/s1. The molecule has 0 spiro atoms. The van der Waals surface area contributed by atoms with E-state index < -0.39 is 0 Å². The lowest BCUT2D eigenvalue weighted by Gasteiger charge is -2.34. The van der Waals surface area contributed by atoms with Crippen molar-refractivity contribution < 1.29 is 4.79 Å². The van der Waals surface area contributed by atoms with Crippen LogP contribution in [0.4, 0.5) is 0 Å². The fourth-order valence-electron chi connectivity index (χ4n) is 2.74. The Bertz CT molecular complexity index is 676. The molecule has 1 aliphatic rings. The van der Waals surface area contributed by atoms with Gasteiger partial charge in [0.05, 0.1) is 21.8 Å². The number of carbonyl (C=O) groups is 1. The molecule has 4 nitrogen and oxygen atoms in total. The van der Waals surface area contributed by atoms with Crippen molar-refractivity contribution in [3.8, 4) is 5.82 Å². The number of fused-ring (bicyclic) bond motifs is 1. The van der Waals surface area contributed by atoms with Crippen molar-refractivity contribution in [3.05, 3.63) is 41.3 Å². The van der Waals surface area contributed by atoms with Crippen LogP contribution < -0.4 is 0 Å². The molecule has 0 N–H and O–H groups in total. The first-order valence-electron chi connectivity index (χ1n) is 6.60. The SMILES string of the molecule is Cc1nn(-c2ccccn2)c2c1C(=O)CC(C)(C)[C@@H]2Br. The van der Waals surface area contributed by atoms with Gasteiger partial charge in [-0.05, 0) is 24.5 Å². The number of halogens is 1. The Morgan fingerprint density at radius 2 is 2.15 bits per heavy atom. The summed E-state index contributed by atoms with van der Waals surface area (Å²) >= 11 is 3.76. The molecule has 0 amide bonds. The van der Waals surface area contributed by atoms with E-state index in [-0.39, 0.29) is 16.0 Å². The second kappa shape index (κ2) is 4.52. The van der Waals surface area contributed by atoms with Crippen molar-refractivity contribution >= 4 is 21.7 Å². The summed E-state index contributed by atoms with van der Waals surface area (Å²) in [5, 5.41) is 4.53. The fourth-order valence-corrected chi connectivity index (χ4v) is 3.32. The summed E-state index contributed by atoms with van der Waals surface area (Å²) in [6.07, 6.45) is 2.27. The van der Waals surface area contributed by atoms with Gasteiger partial charge in [0.1, 0.15) is 0 Å². The Hall–Kier alpha value is -1.49. The minimum Gasteiger partial charge on any atom is -0.294 e. The third-order valence-corrected chi connectivity index (χ3v) is 5.46. The Kier molecular flexibility index (Phi) is 3.05. The van der Waals surface area contributed by atoms with Crippen molar-refractivity contribution in [1.82, 2.24) is 14.8 Å². The molecule has 0 unspecified atom stereocenters. The smallest absolute Gasteiger partial charge is 0.167 e. The molecule has 0 radical (unpaired) electrons. The van der Waals surface area contributed by atoms with Gasteiger partial charge in [0.25, 0.3) is 0 Å². The molecule has 1 atom stereocenters.